The lowest BCUT2D eigenvalue weighted by atomic mass is 10.1. The molecule has 19 heavy (non-hydrogen) atoms. The van der Waals surface area contributed by atoms with Gasteiger partial charge >= 0.3 is 5.97 Å². The van der Waals surface area contributed by atoms with Gasteiger partial charge in [0.25, 0.3) is 0 Å². The Hall–Kier alpha value is -1.81. The molecule has 0 aliphatic carbocycles. The largest absolute Gasteiger partial charge is 0.489 e. The number of carboxylic acid groups (broad SMARTS) is 1. The highest BCUT2D eigenvalue weighted by Crippen LogP contribution is 2.25. The fraction of sp³-hybridized carbons (Fsp3) is 0.400. The zero-order valence-electron chi connectivity index (χ0n) is 11.1. The second-order valence-corrected chi connectivity index (χ2v) is 4.70. The van der Waals surface area contributed by atoms with Crippen molar-refractivity contribution in [3.8, 4) is 5.75 Å². The van der Waals surface area contributed by atoms with Crippen molar-refractivity contribution in [2.24, 2.45) is 5.92 Å². The Morgan fingerprint density at radius 3 is 3.00 bits per heavy atom. The Balaban J connectivity index is 1.88. The number of hydrogen-bond donors (Lipinski definition) is 2. The summed E-state index contributed by atoms with van der Waals surface area (Å²) in [6.45, 7) is 3.61. The second kappa shape index (κ2) is 6.38. The van der Waals surface area contributed by atoms with Crippen molar-refractivity contribution in [1.82, 2.24) is 5.32 Å². The van der Waals surface area contributed by atoms with Crippen LogP contribution in [0, 0.1) is 5.92 Å². The van der Waals surface area contributed by atoms with Crippen LogP contribution in [0.2, 0.25) is 0 Å². The fourth-order valence-corrected chi connectivity index (χ4v) is 2.08. The Morgan fingerprint density at radius 1 is 1.47 bits per heavy atom. The molecule has 0 aromatic heterocycles. The lowest BCUT2D eigenvalue weighted by Crippen LogP contribution is -2.30. The SMILES string of the molecule is CCC(CNCC1=Cc2ccccc2OC1)C(=O)O. The average molecular weight is 261 g/mol. The van der Waals surface area contributed by atoms with E-state index < -0.39 is 5.97 Å². The molecule has 4 heteroatoms. The normalized spacial score (nSPS) is 15.1. The van der Waals surface area contributed by atoms with Crippen LogP contribution in [0.4, 0.5) is 0 Å². The molecule has 0 amide bonds. The molecule has 1 aliphatic rings. The van der Waals surface area contributed by atoms with Crippen molar-refractivity contribution < 1.29 is 14.6 Å². The number of para-hydroxylation sites is 1. The van der Waals surface area contributed by atoms with Crippen molar-refractivity contribution >= 4 is 12.0 Å². The molecule has 1 aromatic rings. The van der Waals surface area contributed by atoms with Crippen molar-refractivity contribution in [3.05, 3.63) is 35.4 Å². The van der Waals surface area contributed by atoms with Gasteiger partial charge in [0.1, 0.15) is 12.4 Å². The Bertz CT molecular complexity index is 482. The van der Waals surface area contributed by atoms with Gasteiger partial charge in [0, 0.05) is 18.7 Å². The molecule has 0 fully saturated rings. The zero-order valence-corrected chi connectivity index (χ0v) is 11.1. The summed E-state index contributed by atoms with van der Waals surface area (Å²) in [6, 6.07) is 7.90. The molecule has 0 radical (unpaired) electrons. The van der Waals surface area contributed by atoms with Crippen LogP contribution in [0.15, 0.2) is 29.8 Å². The molecule has 2 rings (SSSR count). The lowest BCUT2D eigenvalue weighted by Gasteiger charge is -2.19. The number of benzene rings is 1. The molecule has 1 aliphatic heterocycles. The third kappa shape index (κ3) is 3.58. The van der Waals surface area contributed by atoms with E-state index in [4.69, 9.17) is 9.84 Å². The van der Waals surface area contributed by atoms with E-state index >= 15 is 0 Å². The van der Waals surface area contributed by atoms with Crippen LogP contribution >= 0.6 is 0 Å². The number of fused-ring (bicyclic) bond motifs is 1. The van der Waals surface area contributed by atoms with E-state index in [-0.39, 0.29) is 5.92 Å². The van der Waals surface area contributed by atoms with Crippen LogP contribution < -0.4 is 10.1 Å². The van der Waals surface area contributed by atoms with Gasteiger partial charge in [0.05, 0.1) is 5.92 Å². The predicted molar refractivity (Wildman–Crippen MR) is 74.2 cm³/mol. The minimum atomic E-state index is -0.741. The summed E-state index contributed by atoms with van der Waals surface area (Å²) in [7, 11) is 0. The number of aliphatic carboxylic acids is 1. The quantitative estimate of drug-likeness (QED) is 0.824. The van der Waals surface area contributed by atoms with Crippen molar-refractivity contribution in [3.63, 3.8) is 0 Å². The van der Waals surface area contributed by atoms with Gasteiger partial charge in [-0.05, 0) is 24.1 Å². The number of nitrogens with one attached hydrogen (secondary N) is 1. The van der Waals surface area contributed by atoms with Crippen LogP contribution in [-0.2, 0) is 4.79 Å². The molecular formula is C15H19NO3. The van der Waals surface area contributed by atoms with Crippen molar-refractivity contribution in [2.45, 2.75) is 13.3 Å². The Kier molecular flexibility index (Phi) is 4.58. The highest BCUT2D eigenvalue weighted by Gasteiger charge is 2.15. The first-order valence-electron chi connectivity index (χ1n) is 6.55. The molecule has 1 unspecified atom stereocenters. The van der Waals surface area contributed by atoms with Gasteiger partial charge in [0.2, 0.25) is 0 Å². The van der Waals surface area contributed by atoms with Gasteiger partial charge in [0.15, 0.2) is 0 Å². The molecule has 0 saturated heterocycles. The molecule has 102 valence electrons. The van der Waals surface area contributed by atoms with Crippen molar-refractivity contribution in [2.75, 3.05) is 19.7 Å². The average Bonchev–Trinajstić information content (AvgIpc) is 2.43. The van der Waals surface area contributed by atoms with Crippen LogP contribution in [-0.4, -0.2) is 30.8 Å². The van der Waals surface area contributed by atoms with Gasteiger partial charge in [-0.2, -0.15) is 0 Å². The fourth-order valence-electron chi connectivity index (χ4n) is 2.08. The first-order valence-corrected chi connectivity index (χ1v) is 6.55. The summed E-state index contributed by atoms with van der Waals surface area (Å²) >= 11 is 0. The Morgan fingerprint density at radius 2 is 2.26 bits per heavy atom. The highest BCUT2D eigenvalue weighted by atomic mass is 16.5. The number of carboxylic acids is 1. The van der Waals surface area contributed by atoms with Crippen LogP contribution in [0.1, 0.15) is 18.9 Å². The van der Waals surface area contributed by atoms with E-state index in [1.54, 1.807) is 0 Å². The highest BCUT2D eigenvalue weighted by molar-refractivity contribution is 5.70. The maximum absolute atomic E-state index is 10.9. The molecule has 0 spiro atoms. The predicted octanol–water partition coefficient (Wildman–Crippen LogP) is 2.16. The second-order valence-electron chi connectivity index (χ2n) is 4.70. The van der Waals surface area contributed by atoms with Gasteiger partial charge in [-0.15, -0.1) is 0 Å². The Labute approximate surface area is 113 Å². The molecule has 0 saturated carbocycles. The molecule has 4 nitrogen and oxygen atoms in total. The summed E-state index contributed by atoms with van der Waals surface area (Å²) in [5.41, 5.74) is 2.22. The number of hydrogen-bond acceptors (Lipinski definition) is 3. The molecule has 2 N–H and O–H groups in total. The number of rotatable bonds is 6. The number of ether oxygens (including phenoxy) is 1. The van der Waals surface area contributed by atoms with E-state index in [9.17, 15) is 4.79 Å². The minimum Gasteiger partial charge on any atom is -0.489 e. The summed E-state index contributed by atoms with van der Waals surface area (Å²) in [4.78, 5) is 10.9. The lowest BCUT2D eigenvalue weighted by molar-refractivity contribution is -0.141. The maximum Gasteiger partial charge on any atom is 0.307 e. The van der Waals surface area contributed by atoms with Crippen LogP contribution in [0.5, 0.6) is 5.75 Å². The standard InChI is InChI=1S/C15H19NO3/c1-2-12(15(17)18)9-16-8-11-7-13-5-3-4-6-14(13)19-10-11/h3-7,12,16H,2,8-10H2,1H3,(H,17,18). The maximum atomic E-state index is 10.9. The molecule has 1 heterocycles. The van der Waals surface area contributed by atoms with Crippen LogP contribution in [0.25, 0.3) is 6.08 Å². The van der Waals surface area contributed by atoms with E-state index in [0.717, 1.165) is 16.9 Å². The summed E-state index contributed by atoms with van der Waals surface area (Å²) < 4.78 is 5.64. The first-order chi connectivity index (χ1) is 9.20. The molecule has 1 aromatic carbocycles. The summed E-state index contributed by atoms with van der Waals surface area (Å²) in [6.07, 6.45) is 2.74. The first kappa shape index (κ1) is 13.6. The van der Waals surface area contributed by atoms with E-state index in [2.05, 4.69) is 11.4 Å². The summed E-state index contributed by atoms with van der Waals surface area (Å²) in [5.74, 6) is -0.158. The topological polar surface area (TPSA) is 58.6 Å². The minimum absolute atomic E-state index is 0.322. The smallest absolute Gasteiger partial charge is 0.307 e. The molecule has 0 bridgehead atoms. The molecule has 1 atom stereocenters. The molecular weight excluding hydrogens is 242 g/mol. The summed E-state index contributed by atoms with van der Waals surface area (Å²) in [5, 5.41) is 12.2. The van der Waals surface area contributed by atoms with Gasteiger partial charge < -0.3 is 15.2 Å². The van der Waals surface area contributed by atoms with Crippen LogP contribution in [0.3, 0.4) is 0 Å². The van der Waals surface area contributed by atoms with Gasteiger partial charge in [-0.1, -0.05) is 25.1 Å². The third-order valence-electron chi connectivity index (χ3n) is 3.28. The zero-order chi connectivity index (χ0) is 13.7. The van der Waals surface area contributed by atoms with E-state index in [1.165, 1.54) is 0 Å². The monoisotopic (exact) mass is 261 g/mol. The van der Waals surface area contributed by atoms with E-state index in [0.29, 0.717) is 26.1 Å². The van der Waals surface area contributed by atoms with Gasteiger partial charge in [-0.25, -0.2) is 0 Å². The van der Waals surface area contributed by atoms with Crippen molar-refractivity contribution in [1.29, 1.82) is 0 Å². The van der Waals surface area contributed by atoms with E-state index in [1.807, 2.05) is 31.2 Å². The number of carbonyl (C=O) groups is 1. The third-order valence-corrected chi connectivity index (χ3v) is 3.28. The van der Waals surface area contributed by atoms with Gasteiger partial charge in [-0.3, -0.25) is 4.79 Å².